The summed E-state index contributed by atoms with van der Waals surface area (Å²) in [6.45, 7) is 0. The first-order valence-electron chi connectivity index (χ1n) is 5.36. The van der Waals surface area contributed by atoms with Gasteiger partial charge in [0.1, 0.15) is 0 Å². The molecule has 0 aliphatic heterocycles. The van der Waals surface area contributed by atoms with Crippen LogP contribution in [0.1, 0.15) is 5.56 Å². The van der Waals surface area contributed by atoms with Crippen LogP contribution < -0.4 is 5.11 Å². The van der Waals surface area contributed by atoms with Gasteiger partial charge in [-0.2, -0.15) is 0 Å². The van der Waals surface area contributed by atoms with Gasteiger partial charge < -0.3 is 9.90 Å². The van der Waals surface area contributed by atoms with E-state index in [-0.39, 0.29) is 6.42 Å². The van der Waals surface area contributed by atoms with Gasteiger partial charge in [0.2, 0.25) is 0 Å². The highest BCUT2D eigenvalue weighted by atomic mass is 35.5. The van der Waals surface area contributed by atoms with Gasteiger partial charge in [-0.25, -0.2) is 0 Å². The van der Waals surface area contributed by atoms with E-state index in [0.29, 0.717) is 10.6 Å². The Bertz CT molecular complexity index is 555. The fourth-order valence-electron chi connectivity index (χ4n) is 1.56. The van der Waals surface area contributed by atoms with Crippen LogP contribution >= 0.6 is 23.4 Å². The Hall–Kier alpha value is -1.45. The van der Waals surface area contributed by atoms with Crippen molar-refractivity contribution >= 4 is 29.3 Å². The van der Waals surface area contributed by atoms with Crippen LogP contribution in [0.2, 0.25) is 5.02 Å². The molecule has 2 aromatic carbocycles. The first-order valence-corrected chi connectivity index (χ1v) is 6.56. The van der Waals surface area contributed by atoms with Crippen molar-refractivity contribution in [3.05, 3.63) is 59.1 Å². The molecular weight excluding hydrogens is 268 g/mol. The number of carboxylic acid groups (broad SMARTS) is 1. The molecule has 4 heteroatoms. The average Bonchev–Trinajstić information content (AvgIpc) is 2.33. The van der Waals surface area contributed by atoms with Crippen molar-refractivity contribution in [2.24, 2.45) is 0 Å². The quantitative estimate of drug-likeness (QED) is 0.863. The summed E-state index contributed by atoms with van der Waals surface area (Å²) in [6, 6.07) is 15.0. The normalized spacial score (nSPS) is 10.3. The third-order valence-corrected chi connectivity index (χ3v) is 3.69. The molecule has 0 N–H and O–H groups in total. The first-order chi connectivity index (χ1) is 8.65. The van der Waals surface area contributed by atoms with Crippen LogP contribution in [0.25, 0.3) is 0 Å². The van der Waals surface area contributed by atoms with E-state index in [4.69, 9.17) is 11.6 Å². The molecule has 0 aliphatic carbocycles. The minimum absolute atomic E-state index is 0.129. The fraction of sp³-hybridized carbons (Fsp3) is 0.0714. The summed E-state index contributed by atoms with van der Waals surface area (Å²) in [7, 11) is 0. The number of carbonyl (C=O) groups excluding carboxylic acids is 1. The zero-order valence-corrected chi connectivity index (χ0v) is 11.0. The van der Waals surface area contributed by atoms with Crippen molar-refractivity contribution in [1.82, 2.24) is 0 Å². The molecule has 2 rings (SSSR count). The summed E-state index contributed by atoms with van der Waals surface area (Å²) in [6.07, 6.45) is -0.129. The fourth-order valence-corrected chi connectivity index (χ4v) is 2.70. The van der Waals surface area contributed by atoms with E-state index in [1.54, 1.807) is 12.1 Å². The summed E-state index contributed by atoms with van der Waals surface area (Å²) < 4.78 is 0. The van der Waals surface area contributed by atoms with Gasteiger partial charge in [0, 0.05) is 27.2 Å². The highest BCUT2D eigenvalue weighted by Crippen LogP contribution is 2.32. The second-order valence-corrected chi connectivity index (χ2v) is 5.27. The molecule has 92 valence electrons. The Morgan fingerprint density at radius 3 is 2.56 bits per heavy atom. The average molecular weight is 278 g/mol. The maximum Gasteiger partial charge on any atom is 0.0458 e. The third-order valence-electron chi connectivity index (χ3n) is 2.33. The second-order valence-electron chi connectivity index (χ2n) is 3.72. The van der Waals surface area contributed by atoms with E-state index < -0.39 is 5.97 Å². The van der Waals surface area contributed by atoms with E-state index in [9.17, 15) is 9.90 Å². The third kappa shape index (κ3) is 3.52. The van der Waals surface area contributed by atoms with Crippen LogP contribution in [0.5, 0.6) is 0 Å². The molecular formula is C14H10ClO2S-. The van der Waals surface area contributed by atoms with Crippen LogP contribution in [-0.4, -0.2) is 5.97 Å². The van der Waals surface area contributed by atoms with Gasteiger partial charge in [0.15, 0.2) is 0 Å². The summed E-state index contributed by atoms with van der Waals surface area (Å²) in [5.41, 5.74) is 0.677. The number of hydrogen-bond donors (Lipinski definition) is 0. The topological polar surface area (TPSA) is 40.1 Å². The van der Waals surface area contributed by atoms with Crippen LogP contribution in [0.3, 0.4) is 0 Å². The van der Waals surface area contributed by atoms with E-state index in [1.807, 2.05) is 36.4 Å². The molecule has 0 unspecified atom stereocenters. The number of benzene rings is 2. The van der Waals surface area contributed by atoms with Gasteiger partial charge >= 0.3 is 0 Å². The lowest BCUT2D eigenvalue weighted by atomic mass is 10.1. The molecule has 0 spiro atoms. The lowest BCUT2D eigenvalue weighted by molar-refractivity contribution is -0.304. The molecule has 0 fully saturated rings. The molecule has 0 heterocycles. The lowest BCUT2D eigenvalue weighted by Gasteiger charge is -2.10. The van der Waals surface area contributed by atoms with Gasteiger partial charge in [-0.05, 0) is 35.9 Å². The van der Waals surface area contributed by atoms with Gasteiger partial charge in [0.05, 0.1) is 0 Å². The van der Waals surface area contributed by atoms with Crippen molar-refractivity contribution in [2.45, 2.75) is 16.2 Å². The molecule has 0 amide bonds. The molecule has 0 saturated heterocycles. The standard InChI is InChI=1S/C14H11ClO2S/c15-11-6-7-13(10(8-11)9-14(16)17)18-12-4-2-1-3-5-12/h1-8H,9H2,(H,16,17)/p-1. The number of rotatable bonds is 4. The van der Waals surface area contributed by atoms with Crippen LogP contribution in [0.15, 0.2) is 58.3 Å². The van der Waals surface area contributed by atoms with Crippen molar-refractivity contribution in [1.29, 1.82) is 0 Å². The van der Waals surface area contributed by atoms with Crippen molar-refractivity contribution < 1.29 is 9.90 Å². The Kier molecular flexibility index (Phi) is 4.28. The number of aliphatic carboxylic acids is 1. The summed E-state index contributed by atoms with van der Waals surface area (Å²) in [5, 5.41) is 11.3. The van der Waals surface area contributed by atoms with Crippen molar-refractivity contribution in [3.63, 3.8) is 0 Å². The molecule has 2 aromatic rings. The molecule has 18 heavy (non-hydrogen) atoms. The molecule has 0 bridgehead atoms. The summed E-state index contributed by atoms with van der Waals surface area (Å²) in [4.78, 5) is 12.7. The first kappa shape index (κ1) is 13.0. The monoisotopic (exact) mass is 277 g/mol. The van der Waals surface area contributed by atoms with Gasteiger partial charge in [0.25, 0.3) is 0 Å². The summed E-state index contributed by atoms with van der Waals surface area (Å²) in [5.74, 6) is -1.10. The van der Waals surface area contributed by atoms with Gasteiger partial charge in [-0.3, -0.25) is 0 Å². The summed E-state index contributed by atoms with van der Waals surface area (Å²) >= 11 is 7.40. The zero-order valence-electron chi connectivity index (χ0n) is 9.43. The van der Waals surface area contributed by atoms with Crippen LogP contribution in [0.4, 0.5) is 0 Å². The van der Waals surface area contributed by atoms with E-state index in [2.05, 4.69) is 0 Å². The molecule has 0 aromatic heterocycles. The van der Waals surface area contributed by atoms with Crippen molar-refractivity contribution in [3.8, 4) is 0 Å². The minimum Gasteiger partial charge on any atom is -0.550 e. The van der Waals surface area contributed by atoms with E-state index >= 15 is 0 Å². The SMILES string of the molecule is O=C([O-])Cc1cc(Cl)ccc1Sc1ccccc1. The Morgan fingerprint density at radius 2 is 1.89 bits per heavy atom. The van der Waals surface area contributed by atoms with E-state index in [0.717, 1.165) is 9.79 Å². The number of hydrogen-bond acceptors (Lipinski definition) is 3. The maximum atomic E-state index is 10.7. The minimum atomic E-state index is -1.10. The van der Waals surface area contributed by atoms with Crippen LogP contribution in [0, 0.1) is 0 Å². The van der Waals surface area contributed by atoms with Crippen molar-refractivity contribution in [2.75, 3.05) is 0 Å². The Balaban J connectivity index is 2.29. The maximum absolute atomic E-state index is 10.7. The smallest absolute Gasteiger partial charge is 0.0458 e. The Morgan fingerprint density at radius 1 is 1.17 bits per heavy atom. The number of halogens is 1. The molecule has 0 radical (unpaired) electrons. The molecule has 0 atom stereocenters. The van der Waals surface area contributed by atoms with E-state index in [1.165, 1.54) is 11.8 Å². The van der Waals surface area contributed by atoms with Gasteiger partial charge in [-0.15, -0.1) is 0 Å². The number of carboxylic acids is 1. The van der Waals surface area contributed by atoms with Gasteiger partial charge in [-0.1, -0.05) is 41.6 Å². The lowest BCUT2D eigenvalue weighted by Crippen LogP contribution is -2.24. The molecule has 2 nitrogen and oxygen atoms in total. The van der Waals surface area contributed by atoms with Crippen LogP contribution in [-0.2, 0) is 11.2 Å². The number of carbonyl (C=O) groups is 1. The molecule has 0 aliphatic rings. The predicted molar refractivity (Wildman–Crippen MR) is 70.7 cm³/mol. The highest BCUT2D eigenvalue weighted by Gasteiger charge is 2.06. The largest absolute Gasteiger partial charge is 0.550 e. The molecule has 0 saturated carbocycles. The Labute approximate surface area is 115 Å². The highest BCUT2D eigenvalue weighted by molar-refractivity contribution is 7.99. The zero-order chi connectivity index (χ0) is 13.0. The predicted octanol–water partition coefficient (Wildman–Crippen LogP) is 2.78. The second kappa shape index (κ2) is 5.94.